The first kappa shape index (κ1) is 17.6. The zero-order valence-electron chi connectivity index (χ0n) is 13.0. The molecule has 0 saturated heterocycles. The lowest BCUT2D eigenvalue weighted by Crippen LogP contribution is -2.16. The Kier molecular flexibility index (Phi) is 4.64. The number of Topliss-reactive ketones (excluding diaryl/α,β-unsaturated/α-hetero) is 1. The molecule has 0 unspecified atom stereocenters. The van der Waals surface area contributed by atoms with Gasteiger partial charge in [-0.1, -0.05) is 29.3 Å². The number of primary amides is 1. The van der Waals surface area contributed by atoms with Gasteiger partial charge in [-0.3, -0.25) is 9.59 Å². The van der Waals surface area contributed by atoms with Crippen LogP contribution in [0, 0.1) is 0 Å². The number of carbonyl (C=O) groups is 2. The molecule has 0 fully saturated rings. The van der Waals surface area contributed by atoms with E-state index in [2.05, 4.69) is 9.97 Å². The molecule has 6 nitrogen and oxygen atoms in total. The molecule has 0 saturated carbocycles. The molecule has 1 aromatic carbocycles. The van der Waals surface area contributed by atoms with E-state index in [0.29, 0.717) is 42.1 Å². The fraction of sp³-hybridized carbons (Fsp3) is 0.125. The minimum absolute atomic E-state index is 0.128. The molecule has 9 heteroatoms. The first-order chi connectivity index (χ1) is 11.8. The van der Waals surface area contributed by atoms with Gasteiger partial charge in [0, 0.05) is 12.5 Å². The van der Waals surface area contributed by atoms with Crippen LogP contribution in [0.4, 0.5) is 5.69 Å². The molecule has 0 spiro atoms. The Labute approximate surface area is 156 Å². The summed E-state index contributed by atoms with van der Waals surface area (Å²) in [5, 5.41) is 1.29. The molecule has 0 aliphatic rings. The molecule has 2 aromatic heterocycles. The largest absolute Gasteiger partial charge is 0.397 e. The molecule has 0 bridgehead atoms. The van der Waals surface area contributed by atoms with Crippen molar-refractivity contribution >= 4 is 62.1 Å². The van der Waals surface area contributed by atoms with Crippen LogP contribution in [0.2, 0.25) is 10.0 Å². The second-order valence-corrected chi connectivity index (χ2v) is 7.16. The highest BCUT2D eigenvalue weighted by atomic mass is 35.5. The van der Waals surface area contributed by atoms with Crippen molar-refractivity contribution in [1.82, 2.24) is 9.97 Å². The highest BCUT2D eigenvalue weighted by Gasteiger charge is 2.21. The van der Waals surface area contributed by atoms with Gasteiger partial charge in [-0.25, -0.2) is 9.97 Å². The molecular formula is C16H12Cl2N4O2S. The number of fused-ring (bicyclic) bond motifs is 1. The van der Waals surface area contributed by atoms with E-state index in [0.717, 1.165) is 11.3 Å². The number of hydrogen-bond acceptors (Lipinski definition) is 6. The highest BCUT2D eigenvalue weighted by Crippen LogP contribution is 2.39. The maximum Gasteiger partial charge on any atom is 0.225 e. The van der Waals surface area contributed by atoms with E-state index < -0.39 is 5.91 Å². The average Bonchev–Trinajstić information content (AvgIpc) is 2.86. The van der Waals surface area contributed by atoms with E-state index >= 15 is 0 Å². The van der Waals surface area contributed by atoms with E-state index in [4.69, 9.17) is 34.7 Å². The van der Waals surface area contributed by atoms with E-state index in [1.165, 1.54) is 6.92 Å². The van der Waals surface area contributed by atoms with E-state index in [-0.39, 0.29) is 18.0 Å². The number of aromatic nitrogens is 2. The number of carbonyl (C=O) groups excluding carboxylic acids is 2. The first-order valence-electron chi connectivity index (χ1n) is 7.11. The molecule has 0 aliphatic heterocycles. The summed E-state index contributed by atoms with van der Waals surface area (Å²) in [6.45, 7) is 1.43. The third kappa shape index (κ3) is 3.30. The number of nitrogens with zero attached hydrogens (tertiary/aromatic N) is 2. The maximum absolute atomic E-state index is 11.8. The number of halogens is 2. The number of nitrogens with two attached hydrogens (primary N) is 2. The number of hydrogen-bond donors (Lipinski definition) is 2. The summed E-state index contributed by atoms with van der Waals surface area (Å²) in [4.78, 5) is 32.7. The Bertz CT molecular complexity index is 1030. The fourth-order valence-corrected chi connectivity index (χ4v) is 3.72. The number of rotatable bonds is 4. The number of ketones is 1. The minimum atomic E-state index is -0.559. The summed E-state index contributed by atoms with van der Waals surface area (Å²) < 4.78 is 0. The molecule has 0 aliphatic carbocycles. The van der Waals surface area contributed by atoms with Crippen molar-refractivity contribution < 1.29 is 9.59 Å². The Morgan fingerprint density at radius 3 is 2.52 bits per heavy atom. The predicted molar refractivity (Wildman–Crippen MR) is 100 cm³/mol. The summed E-state index contributed by atoms with van der Waals surface area (Å²) in [5.41, 5.74) is 12.8. The third-order valence-corrected chi connectivity index (χ3v) is 5.42. The van der Waals surface area contributed by atoms with Crippen LogP contribution < -0.4 is 11.5 Å². The number of thiophene rings is 1. The van der Waals surface area contributed by atoms with Crippen molar-refractivity contribution in [2.24, 2.45) is 5.73 Å². The van der Waals surface area contributed by atoms with Crippen molar-refractivity contribution in [3.8, 4) is 11.3 Å². The van der Waals surface area contributed by atoms with Crippen LogP contribution in [0.25, 0.3) is 21.5 Å². The molecule has 4 N–H and O–H groups in total. The number of anilines is 1. The maximum atomic E-state index is 11.8. The molecule has 0 atom stereocenters. The van der Waals surface area contributed by atoms with Gasteiger partial charge < -0.3 is 11.5 Å². The molecule has 25 heavy (non-hydrogen) atoms. The van der Waals surface area contributed by atoms with Crippen LogP contribution in [0.15, 0.2) is 18.2 Å². The van der Waals surface area contributed by atoms with Crippen LogP contribution in [-0.2, 0) is 11.2 Å². The van der Waals surface area contributed by atoms with Crippen LogP contribution in [0.1, 0.15) is 22.4 Å². The third-order valence-electron chi connectivity index (χ3n) is 3.48. The lowest BCUT2D eigenvalue weighted by Gasteiger charge is -2.08. The van der Waals surface area contributed by atoms with Crippen molar-refractivity contribution in [2.75, 3.05) is 5.73 Å². The molecular weight excluding hydrogens is 383 g/mol. The topological polar surface area (TPSA) is 112 Å². The lowest BCUT2D eigenvalue weighted by atomic mass is 10.1. The van der Waals surface area contributed by atoms with Gasteiger partial charge in [0.25, 0.3) is 0 Å². The van der Waals surface area contributed by atoms with Gasteiger partial charge >= 0.3 is 0 Å². The second-order valence-electron chi connectivity index (χ2n) is 5.34. The SMILES string of the molecule is CC(=O)c1sc2nc(CC(N)=O)nc(-c3ccc(Cl)c(Cl)c3)c2c1N. The zero-order valence-corrected chi connectivity index (χ0v) is 15.3. The van der Waals surface area contributed by atoms with Gasteiger partial charge in [0.05, 0.1) is 38.1 Å². The monoisotopic (exact) mass is 394 g/mol. The van der Waals surface area contributed by atoms with E-state index in [1.807, 2.05) is 0 Å². The molecule has 3 aromatic rings. The molecule has 2 heterocycles. The van der Waals surface area contributed by atoms with Crippen LogP contribution >= 0.6 is 34.5 Å². The second kappa shape index (κ2) is 6.59. The average molecular weight is 395 g/mol. The molecule has 128 valence electrons. The number of nitrogen functional groups attached to an aromatic ring is 1. The van der Waals surface area contributed by atoms with Gasteiger partial charge in [-0.15, -0.1) is 11.3 Å². The van der Waals surface area contributed by atoms with Gasteiger partial charge in [-0.05, 0) is 12.1 Å². The zero-order chi connectivity index (χ0) is 18.3. The fourth-order valence-electron chi connectivity index (χ4n) is 2.41. The number of benzene rings is 1. The summed E-state index contributed by atoms with van der Waals surface area (Å²) in [5.74, 6) is -0.481. The van der Waals surface area contributed by atoms with Crippen LogP contribution in [0.5, 0.6) is 0 Å². The Balaban J connectivity index is 2.34. The minimum Gasteiger partial charge on any atom is -0.397 e. The van der Waals surface area contributed by atoms with Crippen LogP contribution in [0.3, 0.4) is 0 Å². The van der Waals surface area contributed by atoms with Gasteiger partial charge in [0.15, 0.2) is 5.78 Å². The standard InChI is InChI=1S/C16H12Cl2N4O2S/c1-6(23)15-13(20)12-14(7-2-3-8(17)9(18)4-7)21-11(5-10(19)24)22-16(12)25-15/h2-4H,5,20H2,1H3,(H2,19,24). The van der Waals surface area contributed by atoms with E-state index in [9.17, 15) is 9.59 Å². The number of amides is 1. The normalized spacial score (nSPS) is 11.0. The Morgan fingerprint density at radius 2 is 1.92 bits per heavy atom. The van der Waals surface area contributed by atoms with Crippen molar-refractivity contribution in [1.29, 1.82) is 0 Å². The van der Waals surface area contributed by atoms with Crippen molar-refractivity contribution in [3.63, 3.8) is 0 Å². The summed E-state index contributed by atoms with van der Waals surface area (Å²) in [7, 11) is 0. The quantitative estimate of drug-likeness (QED) is 0.657. The summed E-state index contributed by atoms with van der Waals surface area (Å²) in [6.07, 6.45) is -0.128. The van der Waals surface area contributed by atoms with Gasteiger partial charge in [-0.2, -0.15) is 0 Å². The van der Waals surface area contributed by atoms with Crippen molar-refractivity contribution in [3.05, 3.63) is 38.9 Å². The predicted octanol–water partition coefficient (Wildman–Crippen LogP) is 3.48. The first-order valence-corrected chi connectivity index (χ1v) is 8.68. The lowest BCUT2D eigenvalue weighted by molar-refractivity contribution is -0.117. The Morgan fingerprint density at radius 1 is 1.20 bits per heavy atom. The Hall–Kier alpha value is -2.22. The highest BCUT2D eigenvalue weighted by molar-refractivity contribution is 7.21. The molecule has 1 amide bonds. The summed E-state index contributed by atoms with van der Waals surface area (Å²) >= 11 is 13.2. The molecule has 0 radical (unpaired) electrons. The van der Waals surface area contributed by atoms with E-state index in [1.54, 1.807) is 18.2 Å². The summed E-state index contributed by atoms with van der Waals surface area (Å²) in [6, 6.07) is 5.01. The molecule has 3 rings (SSSR count). The van der Waals surface area contributed by atoms with Crippen molar-refractivity contribution in [2.45, 2.75) is 13.3 Å². The smallest absolute Gasteiger partial charge is 0.225 e. The van der Waals surface area contributed by atoms with Gasteiger partial charge in [0.1, 0.15) is 10.7 Å². The van der Waals surface area contributed by atoms with Crippen LogP contribution in [-0.4, -0.2) is 21.7 Å². The van der Waals surface area contributed by atoms with Gasteiger partial charge in [0.2, 0.25) is 5.91 Å².